The molecule has 0 spiro atoms. The first-order valence-corrected chi connectivity index (χ1v) is 5.60. The Labute approximate surface area is 86.6 Å². The Balaban J connectivity index is 2.27. The smallest absolute Gasteiger partial charge is 0.223 e. The number of nitrogens with one attached hydrogen (secondary N) is 2. The van der Waals surface area contributed by atoms with Crippen LogP contribution in [0.4, 0.5) is 0 Å². The van der Waals surface area contributed by atoms with Gasteiger partial charge in [-0.05, 0) is 32.7 Å². The predicted octanol–water partition coefficient (Wildman–Crippen LogP) is 1.15. The number of carbonyl (C=O) groups excluding carboxylic acids is 1. The fourth-order valence-electron chi connectivity index (χ4n) is 2.02. The maximum absolute atomic E-state index is 11.7. The Hall–Kier alpha value is -0.570. The first-order valence-electron chi connectivity index (χ1n) is 5.60. The Morgan fingerprint density at radius 1 is 1.50 bits per heavy atom. The van der Waals surface area contributed by atoms with E-state index in [9.17, 15) is 4.79 Å². The predicted molar refractivity (Wildman–Crippen MR) is 58.0 cm³/mol. The van der Waals surface area contributed by atoms with Crippen LogP contribution >= 0.6 is 0 Å². The molecule has 0 radical (unpaired) electrons. The second-order valence-corrected chi connectivity index (χ2v) is 4.45. The molecule has 0 bridgehead atoms. The van der Waals surface area contributed by atoms with Crippen LogP contribution in [0, 0.1) is 11.8 Å². The fraction of sp³-hybridized carbons (Fsp3) is 0.909. The molecule has 1 saturated carbocycles. The van der Waals surface area contributed by atoms with Crippen LogP contribution < -0.4 is 10.6 Å². The average molecular weight is 198 g/mol. The summed E-state index contributed by atoms with van der Waals surface area (Å²) in [6.45, 7) is 4.98. The van der Waals surface area contributed by atoms with Gasteiger partial charge >= 0.3 is 0 Å². The molecular weight excluding hydrogens is 176 g/mol. The van der Waals surface area contributed by atoms with Gasteiger partial charge in [0.2, 0.25) is 5.91 Å². The van der Waals surface area contributed by atoms with E-state index in [1.807, 2.05) is 7.05 Å². The zero-order chi connectivity index (χ0) is 10.6. The minimum Gasteiger partial charge on any atom is -0.354 e. The normalized spacial score (nSPS) is 28.8. The highest BCUT2D eigenvalue weighted by molar-refractivity contribution is 5.79. The van der Waals surface area contributed by atoms with Gasteiger partial charge < -0.3 is 10.6 Å². The molecule has 0 aromatic heterocycles. The molecule has 0 aromatic carbocycles. The summed E-state index contributed by atoms with van der Waals surface area (Å²) in [5, 5.41) is 6.11. The van der Waals surface area contributed by atoms with Crippen LogP contribution in [-0.2, 0) is 4.79 Å². The monoisotopic (exact) mass is 198 g/mol. The van der Waals surface area contributed by atoms with Crippen LogP contribution in [0.3, 0.4) is 0 Å². The minimum atomic E-state index is 0.247. The first kappa shape index (κ1) is 11.5. The van der Waals surface area contributed by atoms with Gasteiger partial charge in [0, 0.05) is 18.5 Å². The van der Waals surface area contributed by atoms with Crippen molar-refractivity contribution in [1.29, 1.82) is 0 Å². The highest BCUT2D eigenvalue weighted by atomic mass is 16.1. The van der Waals surface area contributed by atoms with Crippen LogP contribution in [0.1, 0.15) is 33.1 Å². The van der Waals surface area contributed by atoms with Gasteiger partial charge in [-0.15, -0.1) is 0 Å². The molecule has 3 unspecified atom stereocenters. The summed E-state index contributed by atoms with van der Waals surface area (Å²) in [6.07, 6.45) is 3.49. The molecule has 1 amide bonds. The molecule has 0 aliphatic heterocycles. The molecule has 3 atom stereocenters. The van der Waals surface area contributed by atoms with E-state index in [-0.39, 0.29) is 11.8 Å². The van der Waals surface area contributed by atoms with Gasteiger partial charge in [-0.3, -0.25) is 4.79 Å². The number of hydrogen-bond donors (Lipinski definition) is 2. The molecule has 1 rings (SSSR count). The van der Waals surface area contributed by atoms with E-state index in [4.69, 9.17) is 0 Å². The topological polar surface area (TPSA) is 41.1 Å². The lowest BCUT2D eigenvalue weighted by molar-refractivity contribution is -0.125. The van der Waals surface area contributed by atoms with Crippen LogP contribution in [0.2, 0.25) is 0 Å². The van der Waals surface area contributed by atoms with Crippen molar-refractivity contribution in [2.24, 2.45) is 11.8 Å². The fourth-order valence-corrected chi connectivity index (χ4v) is 2.02. The van der Waals surface area contributed by atoms with E-state index >= 15 is 0 Å². The number of rotatable bonds is 4. The summed E-state index contributed by atoms with van der Waals surface area (Å²) in [4.78, 5) is 11.7. The lowest BCUT2D eigenvalue weighted by Crippen LogP contribution is -2.40. The molecule has 0 aromatic rings. The third-order valence-electron chi connectivity index (χ3n) is 3.27. The molecule has 0 heterocycles. The van der Waals surface area contributed by atoms with Crippen molar-refractivity contribution in [3.05, 3.63) is 0 Å². The highest BCUT2D eigenvalue weighted by Gasteiger charge is 2.29. The van der Waals surface area contributed by atoms with Gasteiger partial charge in [0.15, 0.2) is 0 Å². The second kappa shape index (κ2) is 5.35. The van der Waals surface area contributed by atoms with Crippen LogP contribution in [0.15, 0.2) is 0 Å². The van der Waals surface area contributed by atoms with Crippen molar-refractivity contribution < 1.29 is 4.79 Å². The number of carbonyl (C=O) groups is 1. The standard InChI is InChI=1S/C11H22N2O/c1-8-5-4-6-10(8)11(14)13-7-9(2)12-3/h8-10,12H,4-7H2,1-3H3,(H,13,14). The van der Waals surface area contributed by atoms with E-state index < -0.39 is 0 Å². The van der Waals surface area contributed by atoms with E-state index in [2.05, 4.69) is 24.5 Å². The van der Waals surface area contributed by atoms with Crippen molar-refractivity contribution >= 4 is 5.91 Å². The van der Waals surface area contributed by atoms with Gasteiger partial charge in [-0.1, -0.05) is 13.3 Å². The quantitative estimate of drug-likeness (QED) is 0.711. The van der Waals surface area contributed by atoms with Gasteiger partial charge in [0.25, 0.3) is 0 Å². The molecule has 1 aliphatic rings. The molecule has 3 heteroatoms. The molecule has 82 valence electrons. The van der Waals surface area contributed by atoms with Gasteiger partial charge in [-0.25, -0.2) is 0 Å². The van der Waals surface area contributed by atoms with Crippen LogP contribution in [0.5, 0.6) is 0 Å². The van der Waals surface area contributed by atoms with Gasteiger partial charge in [0.05, 0.1) is 0 Å². The third-order valence-corrected chi connectivity index (χ3v) is 3.27. The summed E-state index contributed by atoms with van der Waals surface area (Å²) in [7, 11) is 1.91. The molecule has 0 saturated heterocycles. The first-order chi connectivity index (χ1) is 6.65. The molecule has 3 nitrogen and oxygen atoms in total. The minimum absolute atomic E-state index is 0.247. The van der Waals surface area contributed by atoms with Crippen molar-refractivity contribution in [3.8, 4) is 0 Å². The Bertz CT molecular complexity index is 194. The highest BCUT2D eigenvalue weighted by Crippen LogP contribution is 2.30. The second-order valence-electron chi connectivity index (χ2n) is 4.45. The Morgan fingerprint density at radius 3 is 2.71 bits per heavy atom. The summed E-state index contributed by atoms with van der Waals surface area (Å²) in [5.41, 5.74) is 0. The third kappa shape index (κ3) is 2.98. The van der Waals surface area contributed by atoms with Crippen molar-refractivity contribution in [2.45, 2.75) is 39.2 Å². The molecule has 2 N–H and O–H groups in total. The van der Waals surface area contributed by atoms with Gasteiger partial charge in [0.1, 0.15) is 0 Å². The largest absolute Gasteiger partial charge is 0.354 e. The van der Waals surface area contributed by atoms with E-state index in [0.29, 0.717) is 12.0 Å². The summed E-state index contributed by atoms with van der Waals surface area (Å²) >= 11 is 0. The SMILES string of the molecule is CNC(C)CNC(=O)C1CCCC1C. The zero-order valence-electron chi connectivity index (χ0n) is 9.47. The molecule has 1 fully saturated rings. The number of hydrogen-bond acceptors (Lipinski definition) is 2. The Morgan fingerprint density at radius 2 is 2.21 bits per heavy atom. The van der Waals surface area contributed by atoms with E-state index in [1.165, 1.54) is 12.8 Å². The van der Waals surface area contributed by atoms with Crippen molar-refractivity contribution in [3.63, 3.8) is 0 Å². The zero-order valence-corrected chi connectivity index (χ0v) is 9.47. The summed E-state index contributed by atoms with van der Waals surface area (Å²) in [6, 6.07) is 0.357. The maximum Gasteiger partial charge on any atom is 0.223 e. The van der Waals surface area contributed by atoms with Gasteiger partial charge in [-0.2, -0.15) is 0 Å². The van der Waals surface area contributed by atoms with Crippen LogP contribution in [0.25, 0.3) is 0 Å². The van der Waals surface area contributed by atoms with E-state index in [1.54, 1.807) is 0 Å². The lowest BCUT2D eigenvalue weighted by Gasteiger charge is -2.17. The number of amides is 1. The molecular formula is C11H22N2O. The molecule has 14 heavy (non-hydrogen) atoms. The Kier molecular flexibility index (Phi) is 4.39. The lowest BCUT2D eigenvalue weighted by atomic mass is 9.97. The number of likely N-dealkylation sites (N-methyl/N-ethyl adjacent to an activating group) is 1. The van der Waals surface area contributed by atoms with E-state index in [0.717, 1.165) is 13.0 Å². The van der Waals surface area contributed by atoms with Crippen molar-refractivity contribution in [1.82, 2.24) is 10.6 Å². The van der Waals surface area contributed by atoms with Crippen molar-refractivity contribution in [2.75, 3.05) is 13.6 Å². The van der Waals surface area contributed by atoms with Crippen LogP contribution in [-0.4, -0.2) is 25.5 Å². The summed E-state index contributed by atoms with van der Waals surface area (Å²) < 4.78 is 0. The molecule has 1 aliphatic carbocycles. The average Bonchev–Trinajstić information content (AvgIpc) is 2.60. The summed E-state index contributed by atoms with van der Waals surface area (Å²) in [5.74, 6) is 1.08. The maximum atomic E-state index is 11.7.